The van der Waals surface area contributed by atoms with E-state index in [0.717, 1.165) is 0 Å². The van der Waals surface area contributed by atoms with Crippen LogP contribution in [-0.2, 0) is 9.59 Å². The van der Waals surface area contributed by atoms with Crippen LogP contribution in [0.5, 0.6) is 11.5 Å². The van der Waals surface area contributed by atoms with Crippen LogP contribution in [0.15, 0.2) is 77.9 Å². The summed E-state index contributed by atoms with van der Waals surface area (Å²) in [5, 5.41) is 6.83. The summed E-state index contributed by atoms with van der Waals surface area (Å²) in [6.45, 7) is 1.60. The Kier molecular flexibility index (Phi) is 7.77. The highest BCUT2D eigenvalue weighted by Crippen LogP contribution is 2.21. The highest BCUT2D eigenvalue weighted by atomic mass is 35.5. The number of ether oxygens (including phenoxy) is 2. The molecule has 33 heavy (non-hydrogen) atoms. The number of nitrogens with one attached hydrogen (secondary N) is 2. The van der Waals surface area contributed by atoms with Gasteiger partial charge in [-0.3, -0.25) is 9.59 Å². The monoisotopic (exact) mass is 465 g/mol. The quantitative estimate of drug-likeness (QED) is 0.188. The summed E-state index contributed by atoms with van der Waals surface area (Å²) in [4.78, 5) is 36.7. The number of hydrogen-bond donors (Lipinski definition) is 2. The van der Waals surface area contributed by atoms with Crippen LogP contribution in [0, 0.1) is 0 Å². The second kappa shape index (κ2) is 10.9. The Morgan fingerprint density at radius 2 is 1.64 bits per heavy atom. The molecule has 0 aromatic heterocycles. The van der Waals surface area contributed by atoms with Gasteiger partial charge in [0.2, 0.25) is 0 Å². The van der Waals surface area contributed by atoms with E-state index in [-0.39, 0.29) is 11.3 Å². The number of methoxy groups -OCH3 is 1. The predicted molar refractivity (Wildman–Crippen MR) is 125 cm³/mol. The van der Waals surface area contributed by atoms with Crippen LogP contribution in [0.3, 0.4) is 0 Å². The van der Waals surface area contributed by atoms with Crippen molar-refractivity contribution in [1.29, 1.82) is 0 Å². The van der Waals surface area contributed by atoms with E-state index in [4.69, 9.17) is 21.1 Å². The maximum atomic E-state index is 12.5. The van der Waals surface area contributed by atoms with Crippen LogP contribution >= 0.6 is 11.6 Å². The van der Waals surface area contributed by atoms with Gasteiger partial charge in [-0.25, -0.2) is 10.2 Å². The van der Waals surface area contributed by atoms with Crippen LogP contribution < -0.4 is 20.2 Å². The van der Waals surface area contributed by atoms with E-state index in [1.807, 2.05) is 0 Å². The molecule has 0 aliphatic rings. The summed E-state index contributed by atoms with van der Waals surface area (Å²) in [6, 6.07) is 19.6. The molecule has 0 aliphatic carbocycles. The normalized spacial score (nSPS) is 10.8. The van der Waals surface area contributed by atoms with Crippen molar-refractivity contribution in [3.8, 4) is 11.5 Å². The molecule has 2 N–H and O–H groups in total. The number of nitrogens with zero attached hydrogens (tertiary/aromatic N) is 1. The van der Waals surface area contributed by atoms with E-state index in [9.17, 15) is 14.4 Å². The number of hydrogen-bond acceptors (Lipinski definition) is 6. The summed E-state index contributed by atoms with van der Waals surface area (Å²) >= 11 is 5.93. The summed E-state index contributed by atoms with van der Waals surface area (Å²) in [7, 11) is 1.53. The number of amides is 2. The van der Waals surface area contributed by atoms with Gasteiger partial charge in [-0.1, -0.05) is 29.8 Å². The fraction of sp³-hybridized carbons (Fsp3) is 0.0833. The van der Waals surface area contributed by atoms with Gasteiger partial charge < -0.3 is 14.8 Å². The van der Waals surface area contributed by atoms with Crippen LogP contribution in [0.1, 0.15) is 22.8 Å². The number of anilines is 1. The van der Waals surface area contributed by atoms with Crippen LogP contribution in [-0.4, -0.2) is 30.6 Å². The Morgan fingerprint density at radius 1 is 0.909 bits per heavy atom. The Morgan fingerprint density at radius 3 is 2.33 bits per heavy atom. The third-order valence-corrected chi connectivity index (χ3v) is 4.65. The predicted octanol–water partition coefficient (Wildman–Crippen LogP) is 4.05. The minimum Gasteiger partial charge on any atom is -0.497 e. The van der Waals surface area contributed by atoms with Crippen molar-refractivity contribution >= 4 is 40.8 Å². The number of esters is 1. The largest absolute Gasteiger partial charge is 0.497 e. The van der Waals surface area contributed by atoms with E-state index in [1.165, 1.54) is 13.2 Å². The Balaban J connectivity index is 1.67. The highest BCUT2D eigenvalue weighted by Gasteiger charge is 2.16. The lowest BCUT2D eigenvalue weighted by molar-refractivity contribution is -0.136. The first-order chi connectivity index (χ1) is 15.9. The number of benzene rings is 3. The number of rotatable bonds is 6. The topological polar surface area (TPSA) is 106 Å². The Labute approximate surface area is 195 Å². The van der Waals surface area contributed by atoms with Gasteiger partial charge in [0.1, 0.15) is 11.5 Å². The molecule has 9 heteroatoms. The summed E-state index contributed by atoms with van der Waals surface area (Å²) in [6.07, 6.45) is 0. The average Bonchev–Trinajstić information content (AvgIpc) is 2.83. The minimum absolute atomic E-state index is 0.237. The van der Waals surface area contributed by atoms with Crippen molar-refractivity contribution in [2.45, 2.75) is 6.92 Å². The molecule has 0 aliphatic heterocycles. The lowest BCUT2D eigenvalue weighted by Gasteiger charge is -2.10. The molecule has 3 aromatic carbocycles. The van der Waals surface area contributed by atoms with Gasteiger partial charge in [0, 0.05) is 16.3 Å². The molecule has 168 valence electrons. The Bertz CT molecular complexity index is 1210. The number of para-hydroxylation sites is 1. The molecule has 0 bridgehead atoms. The summed E-state index contributed by atoms with van der Waals surface area (Å²) in [5.74, 6) is -1.59. The summed E-state index contributed by atoms with van der Waals surface area (Å²) in [5.41, 5.74) is 3.70. The highest BCUT2D eigenvalue weighted by molar-refractivity contribution is 6.39. The van der Waals surface area contributed by atoms with E-state index >= 15 is 0 Å². The third kappa shape index (κ3) is 6.41. The number of halogens is 1. The van der Waals surface area contributed by atoms with Crippen molar-refractivity contribution < 1.29 is 23.9 Å². The molecule has 3 rings (SSSR count). The van der Waals surface area contributed by atoms with E-state index in [2.05, 4.69) is 15.8 Å². The maximum Gasteiger partial charge on any atom is 0.343 e. The maximum absolute atomic E-state index is 12.5. The molecule has 0 unspecified atom stereocenters. The van der Waals surface area contributed by atoms with Crippen molar-refractivity contribution in [2.24, 2.45) is 5.10 Å². The molecule has 3 aromatic rings. The lowest BCUT2D eigenvalue weighted by atomic mass is 10.1. The third-order valence-electron chi connectivity index (χ3n) is 4.42. The zero-order chi connectivity index (χ0) is 23.8. The van der Waals surface area contributed by atoms with Gasteiger partial charge in [0.25, 0.3) is 0 Å². The zero-order valence-corrected chi connectivity index (χ0v) is 18.6. The van der Waals surface area contributed by atoms with Gasteiger partial charge in [0.05, 0.1) is 18.4 Å². The lowest BCUT2D eigenvalue weighted by Crippen LogP contribution is -2.33. The molecule has 8 nitrogen and oxygen atoms in total. The molecule has 0 saturated carbocycles. The molecule has 0 heterocycles. The molecule has 0 spiro atoms. The van der Waals surface area contributed by atoms with Gasteiger partial charge in [-0.2, -0.15) is 5.10 Å². The second-order valence-electron chi connectivity index (χ2n) is 6.72. The van der Waals surface area contributed by atoms with E-state index in [0.29, 0.717) is 27.7 Å². The molecule has 0 atom stereocenters. The van der Waals surface area contributed by atoms with E-state index < -0.39 is 17.8 Å². The fourth-order valence-corrected chi connectivity index (χ4v) is 2.93. The molecule has 2 amide bonds. The molecular formula is C24H20ClN3O5. The second-order valence-corrected chi connectivity index (χ2v) is 7.15. The first-order valence-corrected chi connectivity index (χ1v) is 10.1. The van der Waals surface area contributed by atoms with Gasteiger partial charge in [-0.15, -0.1) is 0 Å². The standard InChI is InChI=1S/C24H20ClN3O5/c1-15(27-28-23(30)22(29)26-18-10-12-19(32-2)13-11-18)20-8-3-4-9-21(20)33-24(31)16-6-5-7-17(25)14-16/h3-14H,1-2H3,(H,26,29)(H,28,30). The number of carbonyl (C=O) groups excluding carboxylic acids is 3. The van der Waals surface area contributed by atoms with E-state index in [1.54, 1.807) is 73.7 Å². The van der Waals surface area contributed by atoms with Gasteiger partial charge in [0.15, 0.2) is 0 Å². The van der Waals surface area contributed by atoms with Crippen LogP contribution in [0.2, 0.25) is 5.02 Å². The molecule has 0 fully saturated rings. The van der Waals surface area contributed by atoms with Crippen molar-refractivity contribution in [3.63, 3.8) is 0 Å². The first-order valence-electron chi connectivity index (χ1n) is 9.74. The summed E-state index contributed by atoms with van der Waals surface area (Å²) < 4.78 is 10.5. The van der Waals surface area contributed by atoms with Crippen molar-refractivity contribution in [1.82, 2.24) is 5.43 Å². The zero-order valence-electron chi connectivity index (χ0n) is 17.8. The van der Waals surface area contributed by atoms with Gasteiger partial charge in [-0.05, 0) is 61.5 Å². The van der Waals surface area contributed by atoms with Gasteiger partial charge >= 0.3 is 17.8 Å². The molecule has 0 saturated heterocycles. The van der Waals surface area contributed by atoms with Crippen molar-refractivity contribution in [2.75, 3.05) is 12.4 Å². The molecular weight excluding hydrogens is 446 g/mol. The average molecular weight is 466 g/mol. The smallest absolute Gasteiger partial charge is 0.343 e. The minimum atomic E-state index is -0.960. The van der Waals surface area contributed by atoms with Crippen LogP contribution in [0.4, 0.5) is 5.69 Å². The Hall–Kier alpha value is -4.17. The van der Waals surface area contributed by atoms with Crippen molar-refractivity contribution in [3.05, 3.63) is 88.9 Å². The number of hydrazone groups is 1. The fourth-order valence-electron chi connectivity index (χ4n) is 2.74. The molecule has 0 radical (unpaired) electrons. The number of carbonyl (C=O) groups is 3. The SMILES string of the molecule is COc1ccc(NC(=O)C(=O)NN=C(C)c2ccccc2OC(=O)c2cccc(Cl)c2)cc1. The van der Waals surface area contributed by atoms with Crippen LogP contribution in [0.25, 0.3) is 0 Å². The first kappa shape index (κ1) is 23.5.